The standard InChI is InChI=1S/C12H15BrFN3/c1-12(2,7-13)17(3)11-15-9-5-4-8(14)6-10(9)16-11/h4-6H,7H2,1-3H3,(H,15,16). The maximum absolute atomic E-state index is 13.1. The van der Waals surface area contributed by atoms with Crippen LogP contribution in [0.1, 0.15) is 13.8 Å². The summed E-state index contributed by atoms with van der Waals surface area (Å²) in [7, 11) is 1.97. The number of imidazole rings is 1. The van der Waals surface area contributed by atoms with Crippen molar-refractivity contribution < 1.29 is 4.39 Å². The number of halogens is 2. The molecule has 1 aromatic carbocycles. The van der Waals surface area contributed by atoms with Crippen molar-refractivity contribution in [2.24, 2.45) is 0 Å². The first-order valence-electron chi connectivity index (χ1n) is 5.39. The van der Waals surface area contributed by atoms with Gasteiger partial charge in [0, 0.05) is 17.9 Å². The van der Waals surface area contributed by atoms with Crippen molar-refractivity contribution in [1.82, 2.24) is 9.97 Å². The molecular formula is C12H15BrFN3. The van der Waals surface area contributed by atoms with Crippen molar-refractivity contribution in [2.75, 3.05) is 17.3 Å². The Morgan fingerprint density at radius 3 is 2.82 bits per heavy atom. The highest BCUT2D eigenvalue weighted by atomic mass is 79.9. The van der Waals surface area contributed by atoms with E-state index in [2.05, 4.69) is 39.7 Å². The summed E-state index contributed by atoms with van der Waals surface area (Å²) in [5, 5.41) is 0.821. The summed E-state index contributed by atoms with van der Waals surface area (Å²) in [5.74, 6) is 0.491. The lowest BCUT2D eigenvalue weighted by atomic mass is 10.1. The normalized spacial score (nSPS) is 12.1. The first-order valence-corrected chi connectivity index (χ1v) is 6.51. The lowest BCUT2D eigenvalue weighted by molar-refractivity contribution is 0.543. The van der Waals surface area contributed by atoms with Gasteiger partial charge in [0.25, 0.3) is 0 Å². The van der Waals surface area contributed by atoms with Gasteiger partial charge in [-0.05, 0) is 32.0 Å². The number of nitrogens with one attached hydrogen (secondary N) is 1. The van der Waals surface area contributed by atoms with Gasteiger partial charge in [0.15, 0.2) is 0 Å². The number of anilines is 1. The summed E-state index contributed by atoms with van der Waals surface area (Å²) in [6, 6.07) is 4.56. The smallest absolute Gasteiger partial charge is 0.204 e. The second-order valence-electron chi connectivity index (χ2n) is 4.73. The van der Waals surface area contributed by atoms with Crippen LogP contribution in [-0.2, 0) is 0 Å². The van der Waals surface area contributed by atoms with E-state index in [9.17, 15) is 4.39 Å². The molecule has 0 spiro atoms. The van der Waals surface area contributed by atoms with E-state index in [-0.39, 0.29) is 11.4 Å². The number of benzene rings is 1. The number of fused-ring (bicyclic) bond motifs is 1. The largest absolute Gasteiger partial charge is 0.340 e. The Bertz CT molecular complexity index is 536. The van der Waals surface area contributed by atoms with Gasteiger partial charge in [-0.3, -0.25) is 0 Å². The van der Waals surface area contributed by atoms with Gasteiger partial charge >= 0.3 is 0 Å². The third-order valence-corrected chi connectivity index (χ3v) is 4.36. The maximum Gasteiger partial charge on any atom is 0.204 e. The van der Waals surface area contributed by atoms with E-state index in [0.29, 0.717) is 0 Å². The minimum Gasteiger partial charge on any atom is -0.340 e. The SMILES string of the molecule is CN(c1nc2ccc(F)cc2[nH]1)C(C)(C)CBr. The molecule has 92 valence electrons. The van der Waals surface area contributed by atoms with Gasteiger partial charge in [0.1, 0.15) is 5.82 Å². The van der Waals surface area contributed by atoms with Crippen LogP contribution in [-0.4, -0.2) is 27.9 Å². The molecule has 0 saturated carbocycles. The van der Waals surface area contributed by atoms with Gasteiger partial charge in [-0.15, -0.1) is 0 Å². The van der Waals surface area contributed by atoms with Crippen LogP contribution >= 0.6 is 15.9 Å². The van der Waals surface area contributed by atoms with Crippen LogP contribution < -0.4 is 4.90 Å². The highest BCUT2D eigenvalue weighted by Gasteiger charge is 2.24. The van der Waals surface area contributed by atoms with Crippen LogP contribution in [0.5, 0.6) is 0 Å². The van der Waals surface area contributed by atoms with Crippen LogP contribution in [0, 0.1) is 5.82 Å². The minimum atomic E-state index is -0.255. The second kappa shape index (κ2) is 4.29. The molecule has 0 aliphatic rings. The molecule has 0 bridgehead atoms. The van der Waals surface area contributed by atoms with Crippen molar-refractivity contribution in [3.8, 4) is 0 Å². The molecule has 0 fully saturated rings. The summed E-state index contributed by atoms with van der Waals surface area (Å²) < 4.78 is 13.1. The summed E-state index contributed by atoms with van der Waals surface area (Å²) in [4.78, 5) is 9.62. The number of alkyl halides is 1. The first kappa shape index (κ1) is 12.4. The van der Waals surface area contributed by atoms with Gasteiger partial charge in [-0.2, -0.15) is 0 Å². The molecule has 0 saturated heterocycles. The number of hydrogen-bond donors (Lipinski definition) is 1. The van der Waals surface area contributed by atoms with Gasteiger partial charge in [0.2, 0.25) is 5.95 Å². The van der Waals surface area contributed by atoms with E-state index in [1.54, 1.807) is 6.07 Å². The molecule has 0 aliphatic carbocycles. The Morgan fingerprint density at radius 1 is 1.47 bits per heavy atom. The molecule has 0 amide bonds. The van der Waals surface area contributed by atoms with Crippen molar-refractivity contribution in [2.45, 2.75) is 19.4 Å². The first-order chi connectivity index (χ1) is 7.94. The minimum absolute atomic E-state index is 0.0631. The molecule has 1 aromatic heterocycles. The van der Waals surface area contributed by atoms with Crippen molar-refractivity contribution in [3.05, 3.63) is 24.0 Å². The summed E-state index contributed by atoms with van der Waals surface area (Å²) in [6.07, 6.45) is 0. The number of aromatic nitrogens is 2. The van der Waals surface area contributed by atoms with Gasteiger partial charge in [-0.25, -0.2) is 9.37 Å². The Hall–Kier alpha value is -1.10. The van der Waals surface area contributed by atoms with Crippen LogP contribution in [0.15, 0.2) is 18.2 Å². The highest BCUT2D eigenvalue weighted by molar-refractivity contribution is 9.09. The molecule has 0 unspecified atom stereocenters. The number of rotatable bonds is 3. The molecule has 17 heavy (non-hydrogen) atoms. The van der Waals surface area contributed by atoms with Gasteiger partial charge in [-0.1, -0.05) is 15.9 Å². The van der Waals surface area contributed by atoms with Crippen LogP contribution in [0.4, 0.5) is 10.3 Å². The Balaban J connectivity index is 2.43. The number of aromatic amines is 1. The molecule has 5 heteroatoms. The molecule has 0 aliphatic heterocycles. The molecular weight excluding hydrogens is 285 g/mol. The van der Waals surface area contributed by atoms with Crippen molar-refractivity contribution in [3.63, 3.8) is 0 Å². The van der Waals surface area contributed by atoms with E-state index < -0.39 is 0 Å². The predicted molar refractivity (Wildman–Crippen MR) is 72.3 cm³/mol. The van der Waals surface area contributed by atoms with Crippen molar-refractivity contribution >= 4 is 32.9 Å². The van der Waals surface area contributed by atoms with Crippen LogP contribution in [0.25, 0.3) is 11.0 Å². The zero-order chi connectivity index (χ0) is 12.6. The van der Waals surface area contributed by atoms with Gasteiger partial charge < -0.3 is 9.88 Å². The third kappa shape index (κ3) is 2.29. The molecule has 1 heterocycles. The van der Waals surface area contributed by atoms with E-state index in [0.717, 1.165) is 22.3 Å². The summed E-state index contributed by atoms with van der Waals surface area (Å²) in [6.45, 7) is 4.21. The topological polar surface area (TPSA) is 31.9 Å². The number of nitrogens with zero attached hydrogens (tertiary/aromatic N) is 2. The second-order valence-corrected chi connectivity index (χ2v) is 5.29. The fourth-order valence-electron chi connectivity index (χ4n) is 1.50. The summed E-state index contributed by atoms with van der Waals surface area (Å²) >= 11 is 3.48. The average Bonchev–Trinajstić information content (AvgIpc) is 2.70. The summed E-state index contributed by atoms with van der Waals surface area (Å²) in [5.41, 5.74) is 1.43. The van der Waals surface area contributed by atoms with Crippen LogP contribution in [0.2, 0.25) is 0 Å². The Kier molecular flexibility index (Phi) is 3.12. The van der Waals surface area contributed by atoms with Crippen LogP contribution in [0.3, 0.4) is 0 Å². The Labute approximate surface area is 108 Å². The quantitative estimate of drug-likeness (QED) is 0.882. The molecule has 2 aromatic rings. The number of hydrogen-bond acceptors (Lipinski definition) is 2. The average molecular weight is 300 g/mol. The molecule has 1 N–H and O–H groups in total. The third-order valence-electron chi connectivity index (χ3n) is 2.98. The zero-order valence-electron chi connectivity index (χ0n) is 10.1. The molecule has 0 radical (unpaired) electrons. The number of H-pyrrole nitrogens is 1. The molecule has 2 rings (SSSR count). The van der Waals surface area contributed by atoms with E-state index in [1.807, 2.05) is 11.9 Å². The van der Waals surface area contributed by atoms with Crippen molar-refractivity contribution in [1.29, 1.82) is 0 Å². The lowest BCUT2D eigenvalue weighted by Crippen LogP contribution is -2.43. The fraction of sp³-hybridized carbons (Fsp3) is 0.417. The zero-order valence-corrected chi connectivity index (χ0v) is 11.7. The Morgan fingerprint density at radius 2 is 2.18 bits per heavy atom. The maximum atomic E-state index is 13.1. The monoisotopic (exact) mass is 299 g/mol. The highest BCUT2D eigenvalue weighted by Crippen LogP contribution is 2.24. The lowest BCUT2D eigenvalue weighted by Gasteiger charge is -2.33. The van der Waals surface area contributed by atoms with E-state index in [4.69, 9.17) is 0 Å². The van der Waals surface area contributed by atoms with Gasteiger partial charge in [0.05, 0.1) is 11.0 Å². The van der Waals surface area contributed by atoms with E-state index >= 15 is 0 Å². The fourth-order valence-corrected chi connectivity index (χ4v) is 1.88. The molecule has 3 nitrogen and oxygen atoms in total. The predicted octanol–water partition coefficient (Wildman–Crippen LogP) is 3.31. The molecule has 0 atom stereocenters. The van der Waals surface area contributed by atoms with E-state index in [1.165, 1.54) is 12.1 Å².